The van der Waals surface area contributed by atoms with Crippen LogP contribution in [0.5, 0.6) is 17.2 Å². The molecule has 0 aliphatic carbocycles. The van der Waals surface area contributed by atoms with E-state index in [-0.39, 0.29) is 17.4 Å². The fraction of sp³-hybridized carbons (Fsp3) is 0.0833. The van der Waals surface area contributed by atoms with Crippen LogP contribution in [0.15, 0.2) is 60.7 Å². The van der Waals surface area contributed by atoms with Gasteiger partial charge in [-0.1, -0.05) is 53.0 Å². The van der Waals surface area contributed by atoms with Gasteiger partial charge in [0.1, 0.15) is 5.75 Å². The average Bonchev–Trinajstić information content (AvgIpc) is 2.78. The van der Waals surface area contributed by atoms with E-state index in [4.69, 9.17) is 49.0 Å². The Morgan fingerprint density at radius 1 is 0.938 bits per heavy atom. The number of methoxy groups -OCH3 is 1. The van der Waals surface area contributed by atoms with Gasteiger partial charge < -0.3 is 14.2 Å². The Hall–Kier alpha value is -3.17. The summed E-state index contributed by atoms with van der Waals surface area (Å²) in [5.74, 6) is 0.207. The summed E-state index contributed by atoms with van der Waals surface area (Å²) in [4.78, 5) is 12.2. The number of esters is 1. The van der Waals surface area contributed by atoms with Crippen LogP contribution in [0, 0.1) is 11.3 Å². The van der Waals surface area contributed by atoms with Gasteiger partial charge in [0.15, 0.2) is 18.1 Å². The maximum Gasteiger partial charge on any atom is 0.349 e. The molecule has 0 spiro atoms. The molecule has 0 bridgehead atoms. The molecule has 3 aromatic carbocycles. The zero-order valence-corrected chi connectivity index (χ0v) is 19.0. The number of hydrogen-bond acceptors (Lipinski definition) is 5. The van der Waals surface area contributed by atoms with Crippen LogP contribution in [0.4, 0.5) is 0 Å². The van der Waals surface area contributed by atoms with Crippen LogP contribution in [0.1, 0.15) is 11.1 Å². The number of carbonyl (C=O) groups is 1. The molecule has 0 saturated heterocycles. The minimum atomic E-state index is -0.642. The molecule has 0 N–H and O–H groups in total. The maximum absolute atomic E-state index is 12.2. The van der Waals surface area contributed by atoms with Crippen molar-refractivity contribution in [2.75, 3.05) is 13.7 Å². The lowest BCUT2D eigenvalue weighted by Gasteiger charge is -2.11. The fourth-order valence-corrected chi connectivity index (χ4v) is 3.30. The summed E-state index contributed by atoms with van der Waals surface area (Å²) in [5, 5.41) is 10.8. The van der Waals surface area contributed by atoms with Crippen molar-refractivity contribution >= 4 is 52.4 Å². The number of allylic oxidation sites excluding steroid dienone is 1. The van der Waals surface area contributed by atoms with Crippen molar-refractivity contribution in [2.24, 2.45) is 0 Å². The molecule has 0 radical (unpaired) electrons. The molecular formula is C24H16Cl3NO4. The summed E-state index contributed by atoms with van der Waals surface area (Å²) in [6, 6.07) is 18.7. The van der Waals surface area contributed by atoms with E-state index in [1.807, 2.05) is 0 Å². The summed E-state index contributed by atoms with van der Waals surface area (Å²) in [7, 11) is 1.45. The van der Waals surface area contributed by atoms with Gasteiger partial charge in [-0.05, 0) is 59.7 Å². The molecule has 0 aromatic heterocycles. The van der Waals surface area contributed by atoms with Crippen molar-refractivity contribution in [2.45, 2.75) is 0 Å². The van der Waals surface area contributed by atoms with Crippen LogP contribution in [0.2, 0.25) is 15.1 Å². The van der Waals surface area contributed by atoms with E-state index < -0.39 is 5.97 Å². The lowest BCUT2D eigenvalue weighted by molar-refractivity contribution is -0.136. The smallest absolute Gasteiger partial charge is 0.349 e. The van der Waals surface area contributed by atoms with E-state index >= 15 is 0 Å². The molecule has 162 valence electrons. The minimum Gasteiger partial charge on any atom is -0.493 e. The first-order chi connectivity index (χ1) is 15.4. The highest BCUT2D eigenvalue weighted by atomic mass is 35.5. The van der Waals surface area contributed by atoms with Crippen molar-refractivity contribution < 1.29 is 19.0 Å². The summed E-state index contributed by atoms with van der Waals surface area (Å²) in [6.07, 6.45) is 1.70. The fourth-order valence-electron chi connectivity index (χ4n) is 2.72. The number of halogens is 3. The molecule has 0 amide bonds. The quantitative estimate of drug-likeness (QED) is 0.160. The Balaban J connectivity index is 1.72. The third-order valence-corrected chi connectivity index (χ3v) is 5.02. The number of nitriles is 1. The lowest BCUT2D eigenvalue weighted by atomic mass is 10.0. The van der Waals surface area contributed by atoms with Crippen LogP contribution < -0.4 is 14.2 Å². The Kier molecular flexibility index (Phi) is 8.02. The van der Waals surface area contributed by atoms with Gasteiger partial charge in [0.2, 0.25) is 0 Å². The molecule has 0 saturated carbocycles. The molecule has 3 aromatic rings. The van der Waals surface area contributed by atoms with Crippen LogP contribution >= 0.6 is 34.8 Å². The number of ether oxygens (including phenoxy) is 3. The van der Waals surface area contributed by atoms with Gasteiger partial charge >= 0.3 is 5.97 Å². The highest BCUT2D eigenvalue weighted by Gasteiger charge is 2.13. The Bertz CT molecular complexity index is 1200. The SMILES string of the molecule is COc1cc(/C=C(/C#N)c2ccc(Cl)cc2)ccc1OC(=O)COc1ccc(Cl)cc1Cl. The molecule has 0 heterocycles. The Morgan fingerprint density at radius 2 is 1.62 bits per heavy atom. The number of nitrogens with zero attached hydrogens (tertiary/aromatic N) is 1. The van der Waals surface area contributed by atoms with E-state index in [0.29, 0.717) is 32.7 Å². The van der Waals surface area contributed by atoms with Crippen molar-refractivity contribution in [3.8, 4) is 23.3 Å². The van der Waals surface area contributed by atoms with E-state index in [1.165, 1.54) is 13.2 Å². The number of rotatable bonds is 7. The van der Waals surface area contributed by atoms with Crippen LogP contribution in [-0.2, 0) is 4.79 Å². The van der Waals surface area contributed by atoms with Gasteiger partial charge in [-0.25, -0.2) is 4.79 Å². The molecule has 0 aliphatic heterocycles. The van der Waals surface area contributed by atoms with Gasteiger partial charge in [0.05, 0.1) is 23.8 Å². The van der Waals surface area contributed by atoms with Crippen LogP contribution in [0.25, 0.3) is 11.6 Å². The van der Waals surface area contributed by atoms with Gasteiger partial charge in [0.25, 0.3) is 0 Å². The van der Waals surface area contributed by atoms with E-state index in [1.54, 1.807) is 60.7 Å². The Morgan fingerprint density at radius 3 is 2.28 bits per heavy atom. The van der Waals surface area contributed by atoms with Gasteiger partial charge in [0, 0.05) is 10.0 Å². The van der Waals surface area contributed by atoms with Gasteiger partial charge in [-0.3, -0.25) is 0 Å². The molecule has 3 rings (SSSR count). The first-order valence-electron chi connectivity index (χ1n) is 9.24. The van der Waals surface area contributed by atoms with Crippen LogP contribution in [-0.4, -0.2) is 19.7 Å². The summed E-state index contributed by atoms with van der Waals surface area (Å²) in [5.41, 5.74) is 1.86. The van der Waals surface area contributed by atoms with Crippen molar-refractivity contribution in [3.63, 3.8) is 0 Å². The van der Waals surface area contributed by atoms with E-state index in [9.17, 15) is 10.1 Å². The molecule has 8 heteroatoms. The first-order valence-corrected chi connectivity index (χ1v) is 10.4. The standard InChI is InChI=1S/C24H16Cl3NO4/c1-30-23-11-15(10-17(13-28)16-3-5-18(25)6-4-16)2-8-22(23)32-24(29)14-31-21-9-7-19(26)12-20(21)27/h2-12H,14H2,1H3/b17-10-. The largest absolute Gasteiger partial charge is 0.493 e. The van der Waals surface area contributed by atoms with Crippen molar-refractivity contribution in [3.05, 3.63) is 86.9 Å². The summed E-state index contributed by atoms with van der Waals surface area (Å²) >= 11 is 17.8. The van der Waals surface area contributed by atoms with E-state index in [2.05, 4.69) is 6.07 Å². The second-order valence-corrected chi connectivity index (χ2v) is 7.70. The average molecular weight is 489 g/mol. The summed E-state index contributed by atoms with van der Waals surface area (Å²) < 4.78 is 16.1. The molecule has 0 aliphatic rings. The monoisotopic (exact) mass is 487 g/mol. The molecule has 0 fully saturated rings. The molecule has 32 heavy (non-hydrogen) atoms. The predicted molar refractivity (Wildman–Crippen MR) is 126 cm³/mol. The third kappa shape index (κ3) is 6.18. The number of hydrogen-bond donors (Lipinski definition) is 0. The normalized spacial score (nSPS) is 10.9. The minimum absolute atomic E-state index is 0.213. The second kappa shape index (κ2) is 10.9. The number of carbonyl (C=O) groups excluding carboxylic acids is 1. The maximum atomic E-state index is 12.2. The van der Waals surface area contributed by atoms with Crippen molar-refractivity contribution in [1.29, 1.82) is 5.26 Å². The van der Waals surface area contributed by atoms with Gasteiger partial charge in [-0.15, -0.1) is 0 Å². The highest BCUT2D eigenvalue weighted by Crippen LogP contribution is 2.31. The number of benzene rings is 3. The zero-order valence-electron chi connectivity index (χ0n) is 16.8. The predicted octanol–water partition coefficient (Wildman–Crippen LogP) is 6.70. The van der Waals surface area contributed by atoms with E-state index in [0.717, 1.165) is 5.56 Å². The molecule has 0 atom stereocenters. The highest BCUT2D eigenvalue weighted by molar-refractivity contribution is 6.35. The van der Waals surface area contributed by atoms with Crippen molar-refractivity contribution in [1.82, 2.24) is 0 Å². The first kappa shape index (κ1) is 23.5. The summed E-state index contributed by atoms with van der Waals surface area (Å²) in [6.45, 7) is -0.360. The molecular weight excluding hydrogens is 473 g/mol. The zero-order chi connectivity index (χ0) is 23.1. The third-order valence-electron chi connectivity index (χ3n) is 4.24. The molecule has 5 nitrogen and oxygen atoms in total. The topological polar surface area (TPSA) is 68.5 Å². The van der Waals surface area contributed by atoms with Gasteiger partial charge in [-0.2, -0.15) is 5.26 Å². The molecule has 0 unspecified atom stereocenters. The lowest BCUT2D eigenvalue weighted by Crippen LogP contribution is -2.18. The second-order valence-electron chi connectivity index (χ2n) is 6.42. The van der Waals surface area contributed by atoms with Crippen LogP contribution in [0.3, 0.4) is 0 Å². The Labute approximate surface area is 200 Å².